The lowest BCUT2D eigenvalue weighted by atomic mass is 10.2. The lowest BCUT2D eigenvalue weighted by Crippen LogP contribution is -2.31. The second-order valence-corrected chi connectivity index (χ2v) is 5.30. The Morgan fingerprint density at radius 1 is 1.15 bits per heavy atom. The first-order chi connectivity index (χ1) is 9.81. The van der Waals surface area contributed by atoms with Crippen LogP contribution in [-0.4, -0.2) is 25.7 Å². The van der Waals surface area contributed by atoms with Crippen molar-refractivity contribution < 1.29 is 4.79 Å². The van der Waals surface area contributed by atoms with Crippen LogP contribution in [0.1, 0.15) is 39.0 Å². The summed E-state index contributed by atoms with van der Waals surface area (Å²) in [5.74, 6) is 0. The van der Waals surface area contributed by atoms with Crippen LogP contribution in [-0.2, 0) is 0 Å². The Balaban J connectivity index is 2.06. The van der Waals surface area contributed by atoms with Gasteiger partial charge < -0.3 is 15.5 Å². The molecule has 0 atom stereocenters. The van der Waals surface area contributed by atoms with Gasteiger partial charge in [-0.15, -0.1) is 0 Å². The van der Waals surface area contributed by atoms with E-state index < -0.39 is 0 Å². The molecule has 1 aromatic carbocycles. The zero-order valence-electron chi connectivity index (χ0n) is 12.3. The summed E-state index contributed by atoms with van der Waals surface area (Å²) in [7, 11) is 0. The molecule has 4 heteroatoms. The van der Waals surface area contributed by atoms with Gasteiger partial charge in [0.25, 0.3) is 0 Å². The van der Waals surface area contributed by atoms with Gasteiger partial charge >= 0.3 is 6.03 Å². The maximum atomic E-state index is 11.8. The molecule has 4 nitrogen and oxygen atoms in total. The highest BCUT2D eigenvalue weighted by Crippen LogP contribution is 2.27. The van der Waals surface area contributed by atoms with E-state index in [9.17, 15) is 4.79 Å². The molecule has 0 aromatic heterocycles. The van der Waals surface area contributed by atoms with E-state index in [0.29, 0.717) is 6.54 Å². The molecule has 0 aliphatic carbocycles. The Morgan fingerprint density at radius 3 is 2.55 bits per heavy atom. The molecule has 2 amide bonds. The number of nitrogens with zero attached hydrogens (tertiary/aromatic N) is 1. The Hall–Kier alpha value is -1.71. The third-order valence-corrected chi connectivity index (χ3v) is 3.63. The summed E-state index contributed by atoms with van der Waals surface area (Å²) in [6.45, 7) is 4.91. The molecule has 1 heterocycles. The molecule has 2 rings (SSSR count). The number of amides is 2. The molecule has 0 unspecified atom stereocenters. The number of urea groups is 1. The van der Waals surface area contributed by atoms with Gasteiger partial charge in [0.05, 0.1) is 11.4 Å². The van der Waals surface area contributed by atoms with Crippen LogP contribution in [0.5, 0.6) is 0 Å². The van der Waals surface area contributed by atoms with Gasteiger partial charge in [0.15, 0.2) is 0 Å². The van der Waals surface area contributed by atoms with Gasteiger partial charge in [-0.25, -0.2) is 4.79 Å². The van der Waals surface area contributed by atoms with Crippen LogP contribution in [0.25, 0.3) is 0 Å². The number of anilines is 2. The minimum atomic E-state index is -0.117. The fraction of sp³-hybridized carbons (Fsp3) is 0.562. The second-order valence-electron chi connectivity index (χ2n) is 5.30. The predicted molar refractivity (Wildman–Crippen MR) is 84.4 cm³/mol. The van der Waals surface area contributed by atoms with Gasteiger partial charge in [0.1, 0.15) is 0 Å². The van der Waals surface area contributed by atoms with E-state index in [1.54, 1.807) is 0 Å². The SMILES string of the molecule is CCCNC(=O)Nc1ccccc1N1CCCCCC1. The Labute approximate surface area is 121 Å². The number of benzene rings is 1. The molecule has 20 heavy (non-hydrogen) atoms. The van der Waals surface area contributed by atoms with Gasteiger partial charge in [-0.1, -0.05) is 31.9 Å². The van der Waals surface area contributed by atoms with Crippen LogP contribution in [0.3, 0.4) is 0 Å². The van der Waals surface area contributed by atoms with E-state index in [1.165, 1.54) is 25.7 Å². The number of nitrogens with one attached hydrogen (secondary N) is 2. The van der Waals surface area contributed by atoms with Crippen molar-refractivity contribution in [2.45, 2.75) is 39.0 Å². The van der Waals surface area contributed by atoms with Crippen LogP contribution < -0.4 is 15.5 Å². The fourth-order valence-corrected chi connectivity index (χ4v) is 2.57. The van der Waals surface area contributed by atoms with Crippen molar-refractivity contribution >= 4 is 17.4 Å². The van der Waals surface area contributed by atoms with E-state index in [1.807, 2.05) is 25.1 Å². The monoisotopic (exact) mass is 275 g/mol. The first-order valence-corrected chi connectivity index (χ1v) is 7.70. The van der Waals surface area contributed by atoms with Crippen LogP contribution >= 0.6 is 0 Å². The first-order valence-electron chi connectivity index (χ1n) is 7.70. The van der Waals surface area contributed by atoms with Crippen LogP contribution in [0, 0.1) is 0 Å². The van der Waals surface area contributed by atoms with Crippen molar-refractivity contribution in [3.63, 3.8) is 0 Å². The van der Waals surface area contributed by atoms with Crippen molar-refractivity contribution in [1.29, 1.82) is 0 Å². The number of carbonyl (C=O) groups is 1. The van der Waals surface area contributed by atoms with Crippen LogP contribution in [0.15, 0.2) is 24.3 Å². The summed E-state index contributed by atoms with van der Waals surface area (Å²) in [5.41, 5.74) is 2.05. The van der Waals surface area contributed by atoms with Crippen molar-refractivity contribution in [2.24, 2.45) is 0 Å². The summed E-state index contributed by atoms with van der Waals surface area (Å²) in [5, 5.41) is 5.83. The smallest absolute Gasteiger partial charge is 0.319 e. The van der Waals surface area contributed by atoms with Gasteiger partial charge in [0, 0.05) is 19.6 Å². The van der Waals surface area contributed by atoms with E-state index >= 15 is 0 Å². The minimum Gasteiger partial charge on any atom is -0.370 e. The number of para-hydroxylation sites is 2. The van der Waals surface area contributed by atoms with Crippen LogP contribution in [0.4, 0.5) is 16.2 Å². The van der Waals surface area contributed by atoms with E-state index in [4.69, 9.17) is 0 Å². The largest absolute Gasteiger partial charge is 0.370 e. The fourth-order valence-electron chi connectivity index (χ4n) is 2.57. The molecule has 1 aliphatic heterocycles. The molecule has 110 valence electrons. The highest BCUT2D eigenvalue weighted by Gasteiger charge is 2.14. The van der Waals surface area contributed by atoms with Crippen molar-refractivity contribution in [3.05, 3.63) is 24.3 Å². The van der Waals surface area contributed by atoms with E-state index in [-0.39, 0.29) is 6.03 Å². The number of carbonyl (C=O) groups excluding carboxylic acids is 1. The topological polar surface area (TPSA) is 44.4 Å². The highest BCUT2D eigenvalue weighted by atomic mass is 16.2. The molecular weight excluding hydrogens is 250 g/mol. The molecule has 1 fully saturated rings. The second kappa shape index (κ2) is 7.78. The van der Waals surface area contributed by atoms with Crippen molar-refractivity contribution in [2.75, 3.05) is 29.9 Å². The van der Waals surface area contributed by atoms with Gasteiger partial charge in [-0.3, -0.25) is 0 Å². The molecule has 0 bridgehead atoms. The minimum absolute atomic E-state index is 0.117. The average Bonchev–Trinajstić information content (AvgIpc) is 2.75. The third-order valence-electron chi connectivity index (χ3n) is 3.63. The molecule has 1 aliphatic rings. The highest BCUT2D eigenvalue weighted by molar-refractivity contribution is 5.93. The first kappa shape index (κ1) is 14.7. The maximum absolute atomic E-state index is 11.8. The standard InChI is InChI=1S/C16H25N3O/c1-2-11-17-16(20)18-14-9-5-6-10-15(14)19-12-7-3-4-8-13-19/h5-6,9-10H,2-4,7-8,11-13H2,1H3,(H2,17,18,20). The lowest BCUT2D eigenvalue weighted by molar-refractivity contribution is 0.252. The molecule has 0 saturated carbocycles. The molecule has 1 saturated heterocycles. The summed E-state index contributed by atoms with van der Waals surface area (Å²) >= 11 is 0. The summed E-state index contributed by atoms with van der Waals surface area (Å²) < 4.78 is 0. The quantitative estimate of drug-likeness (QED) is 0.882. The Bertz CT molecular complexity index is 425. The summed E-state index contributed by atoms with van der Waals surface area (Å²) in [6.07, 6.45) is 6.03. The third kappa shape index (κ3) is 4.15. The Morgan fingerprint density at radius 2 is 1.85 bits per heavy atom. The van der Waals surface area contributed by atoms with Crippen molar-refractivity contribution in [1.82, 2.24) is 5.32 Å². The molecule has 2 N–H and O–H groups in total. The lowest BCUT2D eigenvalue weighted by Gasteiger charge is -2.25. The number of rotatable bonds is 4. The summed E-state index contributed by atoms with van der Waals surface area (Å²) in [4.78, 5) is 14.2. The van der Waals surface area contributed by atoms with Gasteiger partial charge in [-0.05, 0) is 31.4 Å². The maximum Gasteiger partial charge on any atom is 0.319 e. The Kier molecular flexibility index (Phi) is 5.71. The molecule has 0 radical (unpaired) electrons. The van der Waals surface area contributed by atoms with Gasteiger partial charge in [0.2, 0.25) is 0 Å². The zero-order chi connectivity index (χ0) is 14.2. The van der Waals surface area contributed by atoms with E-state index in [2.05, 4.69) is 21.6 Å². The summed E-state index contributed by atoms with van der Waals surface area (Å²) in [6, 6.07) is 7.97. The molecule has 1 aromatic rings. The predicted octanol–water partition coefficient (Wildman–Crippen LogP) is 3.60. The van der Waals surface area contributed by atoms with E-state index in [0.717, 1.165) is 30.9 Å². The number of hydrogen-bond donors (Lipinski definition) is 2. The van der Waals surface area contributed by atoms with Crippen molar-refractivity contribution in [3.8, 4) is 0 Å². The molecule has 0 spiro atoms. The average molecular weight is 275 g/mol. The van der Waals surface area contributed by atoms with Crippen LogP contribution in [0.2, 0.25) is 0 Å². The normalized spacial score (nSPS) is 15.6. The molecular formula is C16H25N3O. The zero-order valence-corrected chi connectivity index (χ0v) is 12.3. The number of hydrogen-bond acceptors (Lipinski definition) is 2. The van der Waals surface area contributed by atoms with Gasteiger partial charge in [-0.2, -0.15) is 0 Å².